The molecule has 2 aromatic rings. The van der Waals surface area contributed by atoms with Crippen LogP contribution in [0, 0.1) is 18.3 Å². The largest absolute Gasteiger partial charge is 0.489 e. The Morgan fingerprint density at radius 3 is 3.12 bits per heavy atom. The van der Waals surface area contributed by atoms with Crippen LogP contribution < -0.4 is 15.4 Å². The number of pyridine rings is 2. The third-order valence-electron chi connectivity index (χ3n) is 3.83. The minimum atomic E-state index is 0.213. The van der Waals surface area contributed by atoms with E-state index in [1.165, 1.54) is 0 Å². The number of nitrogens with one attached hydrogen (secondary N) is 2. The van der Waals surface area contributed by atoms with Crippen LogP contribution in [0.3, 0.4) is 0 Å². The van der Waals surface area contributed by atoms with Crippen molar-refractivity contribution < 1.29 is 4.74 Å². The van der Waals surface area contributed by atoms with Crippen molar-refractivity contribution in [3.63, 3.8) is 0 Å². The molecule has 3 rings (SSSR count). The molecule has 1 unspecified atom stereocenters. The van der Waals surface area contributed by atoms with Crippen LogP contribution in [0.15, 0.2) is 24.4 Å². The molecule has 124 valence electrons. The van der Waals surface area contributed by atoms with Gasteiger partial charge in [-0.1, -0.05) is 11.6 Å². The number of hydrogen-bond donors (Lipinski definition) is 2. The van der Waals surface area contributed by atoms with Crippen LogP contribution in [0.1, 0.15) is 23.4 Å². The summed E-state index contributed by atoms with van der Waals surface area (Å²) in [4.78, 5) is 8.66. The van der Waals surface area contributed by atoms with Crippen molar-refractivity contribution in [1.82, 2.24) is 15.3 Å². The van der Waals surface area contributed by atoms with Gasteiger partial charge in [-0.15, -0.1) is 0 Å². The molecule has 1 atom stereocenters. The summed E-state index contributed by atoms with van der Waals surface area (Å²) in [5.41, 5.74) is 1.95. The smallest absolute Gasteiger partial charge is 0.145 e. The van der Waals surface area contributed by atoms with Gasteiger partial charge in [-0.3, -0.25) is 4.98 Å². The van der Waals surface area contributed by atoms with Crippen LogP contribution in [0.25, 0.3) is 0 Å². The Labute approximate surface area is 145 Å². The molecule has 7 heteroatoms. The van der Waals surface area contributed by atoms with Crippen LogP contribution >= 0.6 is 11.6 Å². The summed E-state index contributed by atoms with van der Waals surface area (Å²) in [6.07, 6.45) is 2.96. The number of anilines is 1. The van der Waals surface area contributed by atoms with E-state index >= 15 is 0 Å². The Morgan fingerprint density at radius 1 is 1.50 bits per heavy atom. The number of ether oxygens (including phenoxy) is 1. The van der Waals surface area contributed by atoms with Crippen LogP contribution in [0.4, 0.5) is 5.82 Å². The molecule has 0 saturated carbocycles. The molecule has 1 aliphatic rings. The number of aryl methyl sites for hydroxylation is 1. The maximum atomic E-state index is 8.99. The van der Waals surface area contributed by atoms with E-state index in [2.05, 4.69) is 26.7 Å². The van der Waals surface area contributed by atoms with Gasteiger partial charge < -0.3 is 15.4 Å². The summed E-state index contributed by atoms with van der Waals surface area (Å²) >= 11 is 6.16. The lowest BCUT2D eigenvalue weighted by atomic mass is 10.2. The van der Waals surface area contributed by atoms with Crippen LogP contribution in [0.2, 0.25) is 5.02 Å². The third-order valence-corrected chi connectivity index (χ3v) is 4.12. The number of nitriles is 1. The molecule has 0 radical (unpaired) electrons. The lowest BCUT2D eigenvalue weighted by Crippen LogP contribution is -2.19. The van der Waals surface area contributed by atoms with Crippen molar-refractivity contribution in [1.29, 1.82) is 5.26 Å². The van der Waals surface area contributed by atoms with Gasteiger partial charge in [0.05, 0.1) is 28.5 Å². The Morgan fingerprint density at radius 2 is 2.38 bits per heavy atom. The van der Waals surface area contributed by atoms with Crippen molar-refractivity contribution >= 4 is 17.4 Å². The average Bonchev–Trinajstić information content (AvgIpc) is 3.08. The van der Waals surface area contributed by atoms with Gasteiger partial charge in [0.25, 0.3) is 0 Å². The molecule has 6 nitrogen and oxygen atoms in total. The standard InChI is InChI=1S/C17H18ClN5O/c1-11-12(8-19)6-16(18)17(23-11)22-9-13-7-14(3-5-21-13)24-15-2-4-20-10-15/h3,5-7,15,20H,2,4,9-10H2,1H3,(H,22,23). The molecule has 1 saturated heterocycles. The molecule has 0 aliphatic carbocycles. The molecule has 3 heterocycles. The van der Waals surface area contributed by atoms with Crippen molar-refractivity contribution in [2.45, 2.75) is 26.0 Å². The van der Waals surface area contributed by atoms with Crippen LogP contribution in [0.5, 0.6) is 5.75 Å². The highest BCUT2D eigenvalue weighted by atomic mass is 35.5. The number of aromatic nitrogens is 2. The highest BCUT2D eigenvalue weighted by Crippen LogP contribution is 2.23. The van der Waals surface area contributed by atoms with Crippen molar-refractivity contribution in [2.75, 3.05) is 18.4 Å². The monoisotopic (exact) mass is 343 g/mol. The second kappa shape index (κ2) is 7.47. The molecule has 0 bridgehead atoms. The van der Waals surface area contributed by atoms with Crippen molar-refractivity contribution in [3.05, 3.63) is 46.4 Å². The lowest BCUT2D eigenvalue weighted by Gasteiger charge is -2.13. The third kappa shape index (κ3) is 3.94. The van der Waals surface area contributed by atoms with Crippen LogP contribution in [-0.2, 0) is 6.54 Å². The highest BCUT2D eigenvalue weighted by molar-refractivity contribution is 6.33. The number of rotatable bonds is 5. The zero-order valence-electron chi connectivity index (χ0n) is 13.3. The summed E-state index contributed by atoms with van der Waals surface area (Å²) in [6.45, 7) is 4.12. The minimum absolute atomic E-state index is 0.213. The molecule has 0 spiro atoms. The zero-order valence-corrected chi connectivity index (χ0v) is 14.1. The number of hydrogen-bond acceptors (Lipinski definition) is 6. The summed E-state index contributed by atoms with van der Waals surface area (Å²) in [6, 6.07) is 7.46. The molecule has 1 fully saturated rings. The molecular formula is C17H18ClN5O. The Hall–Kier alpha value is -2.36. The van der Waals surface area contributed by atoms with E-state index in [1.807, 2.05) is 12.1 Å². The maximum Gasteiger partial charge on any atom is 0.145 e. The van der Waals surface area contributed by atoms with Crippen LogP contribution in [-0.4, -0.2) is 29.2 Å². The second-order valence-electron chi connectivity index (χ2n) is 5.63. The first kappa shape index (κ1) is 16.5. The number of halogens is 1. The minimum Gasteiger partial charge on any atom is -0.489 e. The fraction of sp³-hybridized carbons (Fsp3) is 0.353. The maximum absolute atomic E-state index is 8.99. The number of nitrogens with zero attached hydrogens (tertiary/aromatic N) is 3. The Balaban J connectivity index is 1.66. The predicted octanol–water partition coefficient (Wildman–Crippen LogP) is 2.66. The van der Waals surface area contributed by atoms with Crippen molar-refractivity contribution in [3.8, 4) is 11.8 Å². The van der Waals surface area contributed by atoms with E-state index in [1.54, 1.807) is 19.2 Å². The van der Waals surface area contributed by atoms with E-state index in [4.69, 9.17) is 21.6 Å². The van der Waals surface area contributed by atoms with E-state index in [0.29, 0.717) is 28.6 Å². The van der Waals surface area contributed by atoms with Gasteiger partial charge >= 0.3 is 0 Å². The van der Waals surface area contributed by atoms with Crippen molar-refractivity contribution in [2.24, 2.45) is 0 Å². The van der Waals surface area contributed by atoms with Gasteiger partial charge in [0, 0.05) is 18.8 Å². The molecule has 2 aromatic heterocycles. The normalized spacial score (nSPS) is 16.6. The fourth-order valence-electron chi connectivity index (χ4n) is 2.54. The quantitative estimate of drug-likeness (QED) is 0.868. The molecule has 24 heavy (non-hydrogen) atoms. The topological polar surface area (TPSA) is 82.9 Å². The van der Waals surface area contributed by atoms with Gasteiger partial charge in [-0.25, -0.2) is 4.98 Å². The fourth-order valence-corrected chi connectivity index (χ4v) is 2.76. The predicted molar refractivity (Wildman–Crippen MR) is 92.2 cm³/mol. The molecule has 2 N–H and O–H groups in total. The lowest BCUT2D eigenvalue weighted by molar-refractivity contribution is 0.222. The van der Waals surface area contributed by atoms with E-state index in [9.17, 15) is 0 Å². The Bertz CT molecular complexity index is 768. The van der Waals surface area contributed by atoms with Gasteiger partial charge in [0.2, 0.25) is 0 Å². The van der Waals surface area contributed by atoms with E-state index in [0.717, 1.165) is 31.0 Å². The van der Waals surface area contributed by atoms with Gasteiger partial charge in [0.1, 0.15) is 23.7 Å². The molecule has 0 aromatic carbocycles. The van der Waals surface area contributed by atoms with Gasteiger partial charge in [0.15, 0.2) is 0 Å². The van der Waals surface area contributed by atoms with E-state index in [-0.39, 0.29) is 6.10 Å². The summed E-state index contributed by atoms with van der Waals surface area (Å²) in [5.74, 6) is 1.35. The zero-order chi connectivity index (χ0) is 16.9. The first-order chi connectivity index (χ1) is 11.7. The molecule has 1 aliphatic heterocycles. The second-order valence-corrected chi connectivity index (χ2v) is 6.04. The van der Waals surface area contributed by atoms with Gasteiger partial charge in [-0.05, 0) is 32.0 Å². The first-order valence-electron chi connectivity index (χ1n) is 7.79. The molecular weight excluding hydrogens is 326 g/mol. The first-order valence-corrected chi connectivity index (χ1v) is 8.17. The summed E-state index contributed by atoms with van der Waals surface area (Å²) in [7, 11) is 0. The van der Waals surface area contributed by atoms with E-state index < -0.39 is 0 Å². The SMILES string of the molecule is Cc1nc(NCc2cc(OC3CCNC3)ccn2)c(Cl)cc1C#N. The average molecular weight is 344 g/mol. The molecule has 0 amide bonds. The summed E-state index contributed by atoms with van der Waals surface area (Å²) < 4.78 is 5.93. The summed E-state index contributed by atoms with van der Waals surface area (Å²) in [5, 5.41) is 15.8. The van der Waals surface area contributed by atoms with Gasteiger partial charge in [-0.2, -0.15) is 5.26 Å². The highest BCUT2D eigenvalue weighted by Gasteiger charge is 2.16. The Kier molecular flexibility index (Phi) is 5.14.